The molecule has 0 bridgehead atoms. The van der Waals surface area contributed by atoms with Gasteiger partial charge in [0, 0.05) is 22.4 Å². The van der Waals surface area contributed by atoms with Crippen LogP contribution in [0.5, 0.6) is 5.75 Å². The second kappa shape index (κ2) is 13.0. The van der Waals surface area contributed by atoms with Crippen LogP contribution in [-0.2, 0) is 14.4 Å². The fourth-order valence-corrected chi connectivity index (χ4v) is 5.07. The van der Waals surface area contributed by atoms with Crippen molar-refractivity contribution in [3.63, 3.8) is 0 Å². The summed E-state index contributed by atoms with van der Waals surface area (Å²) < 4.78 is 5.26. The number of thioether (sulfide) groups is 1. The number of amides is 1. The van der Waals surface area contributed by atoms with Gasteiger partial charge < -0.3 is 24.7 Å². The van der Waals surface area contributed by atoms with E-state index in [9.17, 15) is 4.79 Å². The van der Waals surface area contributed by atoms with Gasteiger partial charge >= 0.3 is 11.9 Å². The van der Waals surface area contributed by atoms with E-state index < -0.39 is 11.9 Å². The third-order valence-corrected chi connectivity index (χ3v) is 6.90. The summed E-state index contributed by atoms with van der Waals surface area (Å²) in [6.45, 7) is 4.21. The van der Waals surface area contributed by atoms with Crippen molar-refractivity contribution < 1.29 is 29.3 Å². The van der Waals surface area contributed by atoms with E-state index in [1.54, 1.807) is 24.9 Å². The zero-order valence-electron chi connectivity index (χ0n) is 19.7. The first-order valence-electron chi connectivity index (χ1n) is 11.5. The van der Waals surface area contributed by atoms with Crippen molar-refractivity contribution in [1.82, 2.24) is 4.90 Å². The first-order chi connectivity index (χ1) is 16.9. The number of likely N-dealkylation sites (tertiary alicyclic amines) is 1. The van der Waals surface area contributed by atoms with Crippen LogP contribution in [0.3, 0.4) is 0 Å². The summed E-state index contributed by atoms with van der Waals surface area (Å²) in [5.41, 5.74) is 2.05. The fourth-order valence-electron chi connectivity index (χ4n) is 3.99. The van der Waals surface area contributed by atoms with Crippen molar-refractivity contribution in [2.75, 3.05) is 38.2 Å². The molecule has 1 amide bonds. The van der Waals surface area contributed by atoms with E-state index in [4.69, 9.17) is 24.5 Å². The maximum atomic E-state index is 13.2. The first-order valence-corrected chi connectivity index (χ1v) is 12.3. The topological polar surface area (TPSA) is 107 Å². The lowest BCUT2D eigenvalue weighted by Gasteiger charge is -2.28. The minimum atomic E-state index is -1.82. The molecule has 4 rings (SSSR count). The Hall–Kier alpha value is -3.30. The highest BCUT2D eigenvalue weighted by Crippen LogP contribution is 2.42. The third kappa shape index (κ3) is 7.60. The number of benzene rings is 2. The number of hydrogen-bond acceptors (Lipinski definition) is 6. The van der Waals surface area contributed by atoms with Gasteiger partial charge in [-0.1, -0.05) is 42.4 Å². The molecule has 1 fully saturated rings. The Morgan fingerprint density at radius 2 is 1.60 bits per heavy atom. The Morgan fingerprint density at radius 1 is 0.943 bits per heavy atom. The van der Waals surface area contributed by atoms with Gasteiger partial charge in [0.1, 0.15) is 5.75 Å². The zero-order valence-corrected chi connectivity index (χ0v) is 20.5. The van der Waals surface area contributed by atoms with Crippen LogP contribution >= 0.6 is 11.8 Å². The van der Waals surface area contributed by atoms with Crippen LogP contribution in [0.2, 0.25) is 0 Å². The number of anilines is 1. The zero-order chi connectivity index (χ0) is 25.2. The number of carboxylic acids is 2. The van der Waals surface area contributed by atoms with Crippen LogP contribution in [0.1, 0.15) is 31.2 Å². The van der Waals surface area contributed by atoms with Gasteiger partial charge in [-0.05, 0) is 68.7 Å². The molecular weight excluding hydrogens is 468 g/mol. The van der Waals surface area contributed by atoms with E-state index in [-0.39, 0.29) is 5.91 Å². The number of hydrogen-bond donors (Lipinski definition) is 2. The highest BCUT2D eigenvalue weighted by Gasteiger charge is 2.23. The molecular formula is C26H30N2O6S. The van der Waals surface area contributed by atoms with Crippen LogP contribution in [0, 0.1) is 0 Å². The summed E-state index contributed by atoms with van der Waals surface area (Å²) in [4.78, 5) is 37.9. The minimum Gasteiger partial charge on any atom is -0.497 e. The quantitative estimate of drug-likeness (QED) is 0.571. The summed E-state index contributed by atoms with van der Waals surface area (Å²) in [5, 5.41) is 14.8. The summed E-state index contributed by atoms with van der Waals surface area (Å²) in [7, 11) is 1.66. The van der Waals surface area contributed by atoms with Crippen molar-refractivity contribution in [3.05, 3.63) is 60.2 Å². The predicted molar refractivity (Wildman–Crippen MR) is 136 cm³/mol. The molecule has 0 unspecified atom stereocenters. The van der Waals surface area contributed by atoms with Crippen molar-refractivity contribution >= 4 is 40.2 Å². The Morgan fingerprint density at radius 3 is 2.23 bits per heavy atom. The van der Waals surface area contributed by atoms with Gasteiger partial charge in [0.2, 0.25) is 0 Å². The number of rotatable bonds is 6. The average Bonchev–Trinajstić information content (AvgIpc) is 3.01. The van der Waals surface area contributed by atoms with Crippen LogP contribution in [0.4, 0.5) is 5.69 Å². The van der Waals surface area contributed by atoms with Crippen molar-refractivity contribution in [1.29, 1.82) is 0 Å². The fraction of sp³-hybridized carbons (Fsp3) is 0.346. The van der Waals surface area contributed by atoms with Crippen LogP contribution in [-0.4, -0.2) is 66.2 Å². The predicted octanol–water partition coefficient (Wildman–Crippen LogP) is 4.21. The van der Waals surface area contributed by atoms with E-state index >= 15 is 0 Å². The third-order valence-electron chi connectivity index (χ3n) is 5.76. The highest BCUT2D eigenvalue weighted by atomic mass is 32.2. The molecule has 9 heteroatoms. The molecule has 2 aromatic rings. The first kappa shape index (κ1) is 26.3. The summed E-state index contributed by atoms with van der Waals surface area (Å²) in [6.07, 6.45) is 6.74. The molecule has 2 aromatic carbocycles. The molecule has 186 valence electrons. The molecule has 0 aromatic heterocycles. The number of carbonyl (C=O) groups is 3. The molecule has 0 aliphatic carbocycles. The average molecular weight is 499 g/mol. The largest absolute Gasteiger partial charge is 0.497 e. The lowest BCUT2D eigenvalue weighted by atomic mass is 10.1. The van der Waals surface area contributed by atoms with E-state index in [2.05, 4.69) is 17.0 Å². The number of ether oxygens (including phenoxy) is 1. The number of nitrogens with zero attached hydrogens (tertiary/aromatic N) is 2. The second-order valence-corrected chi connectivity index (χ2v) is 9.25. The highest BCUT2D eigenvalue weighted by molar-refractivity contribution is 8.08. The normalized spacial score (nSPS) is 15.7. The van der Waals surface area contributed by atoms with Gasteiger partial charge in [0.25, 0.3) is 5.91 Å². The molecule has 2 N–H and O–H groups in total. The number of fused-ring (bicyclic) bond motifs is 1. The van der Waals surface area contributed by atoms with E-state index in [1.807, 2.05) is 41.3 Å². The number of carbonyl (C=O) groups excluding carboxylic acids is 1. The molecule has 0 saturated carbocycles. The molecule has 2 heterocycles. The number of aliphatic carboxylic acids is 2. The minimum absolute atomic E-state index is 0.0620. The molecule has 35 heavy (non-hydrogen) atoms. The van der Waals surface area contributed by atoms with E-state index in [1.165, 1.54) is 32.4 Å². The standard InChI is InChI=1S/C24H28N2O2S.C2H2O4/c1-28-20-12-10-19(11-13-20)23-18-24(27)26(21-8-3-4-9-22(21)29-23)17-7-16-25-14-5-2-6-15-25;3-1(4)2(5)6/h3-4,8-13,18H,2,5-7,14-17H2,1H3;(H,3,4)(H,5,6). The monoisotopic (exact) mass is 498 g/mol. The van der Waals surface area contributed by atoms with Gasteiger partial charge in [-0.2, -0.15) is 0 Å². The summed E-state index contributed by atoms with van der Waals surface area (Å²) >= 11 is 1.66. The smallest absolute Gasteiger partial charge is 0.414 e. The summed E-state index contributed by atoms with van der Waals surface area (Å²) in [5.74, 6) is -2.77. The number of piperidine rings is 1. The molecule has 0 spiro atoms. The lowest BCUT2D eigenvalue weighted by Crippen LogP contribution is -2.35. The van der Waals surface area contributed by atoms with Gasteiger partial charge in [-0.25, -0.2) is 9.59 Å². The molecule has 1 saturated heterocycles. The molecule has 0 atom stereocenters. The van der Waals surface area contributed by atoms with Crippen molar-refractivity contribution in [2.45, 2.75) is 30.6 Å². The maximum Gasteiger partial charge on any atom is 0.414 e. The Bertz CT molecular complexity index is 1050. The van der Waals surface area contributed by atoms with Gasteiger partial charge in [0.05, 0.1) is 12.8 Å². The number of carboxylic acid groups (broad SMARTS) is 2. The van der Waals surface area contributed by atoms with Crippen molar-refractivity contribution in [3.8, 4) is 5.75 Å². The number of methoxy groups -OCH3 is 1. The van der Waals surface area contributed by atoms with Gasteiger partial charge in [0.15, 0.2) is 0 Å². The summed E-state index contributed by atoms with van der Waals surface area (Å²) in [6, 6.07) is 16.1. The van der Waals surface area contributed by atoms with E-state index in [0.717, 1.165) is 46.3 Å². The lowest BCUT2D eigenvalue weighted by molar-refractivity contribution is -0.159. The molecule has 0 radical (unpaired) electrons. The van der Waals surface area contributed by atoms with Gasteiger partial charge in [-0.15, -0.1) is 0 Å². The van der Waals surface area contributed by atoms with Gasteiger partial charge in [-0.3, -0.25) is 4.79 Å². The van der Waals surface area contributed by atoms with E-state index in [0.29, 0.717) is 0 Å². The number of para-hydroxylation sites is 1. The Balaban J connectivity index is 0.000000509. The SMILES string of the molecule is COc1ccc(C2=CC(=O)N(CCCN3CCCCC3)c3ccccc3S2)cc1.O=C(O)C(=O)O. The van der Waals surface area contributed by atoms with Crippen LogP contribution in [0.15, 0.2) is 59.5 Å². The molecule has 2 aliphatic rings. The van der Waals surface area contributed by atoms with Crippen molar-refractivity contribution in [2.24, 2.45) is 0 Å². The Kier molecular flexibility index (Phi) is 9.75. The van der Waals surface area contributed by atoms with Crippen LogP contribution < -0.4 is 9.64 Å². The Labute approximate surface area is 209 Å². The maximum absolute atomic E-state index is 13.2. The second-order valence-electron chi connectivity index (χ2n) is 8.16. The molecule has 8 nitrogen and oxygen atoms in total. The van der Waals surface area contributed by atoms with Crippen LogP contribution in [0.25, 0.3) is 4.91 Å². The molecule has 2 aliphatic heterocycles.